The number of methoxy groups -OCH3 is 2. The number of aromatic nitrogens is 2. The molecule has 2 aromatic heterocycles. The van der Waals surface area contributed by atoms with Gasteiger partial charge in [0.2, 0.25) is 11.8 Å². The van der Waals surface area contributed by atoms with Gasteiger partial charge in [-0.05, 0) is 34.5 Å². The lowest BCUT2D eigenvalue weighted by atomic mass is 10.2. The van der Waals surface area contributed by atoms with E-state index in [4.69, 9.17) is 13.9 Å². The number of nitrogens with zero attached hydrogens (tertiary/aromatic N) is 3. The van der Waals surface area contributed by atoms with Crippen molar-refractivity contribution in [1.82, 2.24) is 15.1 Å². The minimum atomic E-state index is -0.00556. The highest BCUT2D eigenvalue weighted by molar-refractivity contribution is 7.99. The van der Waals surface area contributed by atoms with E-state index in [2.05, 4.69) is 10.2 Å². The minimum Gasteiger partial charge on any atom is -0.497 e. The highest BCUT2D eigenvalue weighted by Gasteiger charge is 2.15. The summed E-state index contributed by atoms with van der Waals surface area (Å²) in [7, 11) is 4.93. The maximum absolute atomic E-state index is 12.3. The van der Waals surface area contributed by atoms with Crippen LogP contribution in [0, 0.1) is 0 Å². The molecule has 2 heterocycles. The molecule has 142 valence electrons. The molecule has 0 saturated heterocycles. The summed E-state index contributed by atoms with van der Waals surface area (Å²) in [6.45, 7) is 0.585. The average molecular weight is 406 g/mol. The van der Waals surface area contributed by atoms with Gasteiger partial charge in [-0.25, -0.2) is 0 Å². The molecule has 0 saturated carbocycles. The van der Waals surface area contributed by atoms with Gasteiger partial charge in [0.1, 0.15) is 11.5 Å². The zero-order valence-corrected chi connectivity index (χ0v) is 16.8. The van der Waals surface area contributed by atoms with E-state index < -0.39 is 0 Å². The first-order valence-electron chi connectivity index (χ1n) is 8.04. The molecule has 1 amide bonds. The average Bonchev–Trinajstić information content (AvgIpc) is 3.37. The summed E-state index contributed by atoms with van der Waals surface area (Å²) in [5.74, 6) is 1.82. The van der Waals surface area contributed by atoms with E-state index in [0.29, 0.717) is 34.7 Å². The van der Waals surface area contributed by atoms with Crippen LogP contribution in [0.2, 0.25) is 0 Å². The summed E-state index contributed by atoms with van der Waals surface area (Å²) in [5, 5.41) is 12.4. The Morgan fingerprint density at radius 3 is 2.59 bits per heavy atom. The number of rotatable bonds is 8. The Morgan fingerprint density at radius 2 is 1.96 bits per heavy atom. The molecule has 0 atom stereocenters. The first-order valence-corrected chi connectivity index (χ1v) is 9.96. The molecule has 27 heavy (non-hydrogen) atoms. The van der Waals surface area contributed by atoms with Crippen LogP contribution in [0.3, 0.4) is 0 Å². The summed E-state index contributed by atoms with van der Waals surface area (Å²) < 4.78 is 16.2. The van der Waals surface area contributed by atoms with Gasteiger partial charge in [0.25, 0.3) is 5.22 Å². The van der Waals surface area contributed by atoms with Gasteiger partial charge in [-0.3, -0.25) is 4.79 Å². The van der Waals surface area contributed by atoms with Crippen LogP contribution in [-0.2, 0) is 11.3 Å². The standard InChI is InChI=1S/C18H19N3O4S2/c1-21(9-12-4-5-26-10-12)16(22)11-27-18-20-19-17(25-18)13-6-14(23-2)8-15(7-13)24-3/h4-8,10H,9,11H2,1-3H3. The van der Waals surface area contributed by atoms with Crippen LogP contribution in [0.25, 0.3) is 11.5 Å². The van der Waals surface area contributed by atoms with Crippen LogP contribution in [-0.4, -0.2) is 48.0 Å². The Kier molecular flexibility index (Phi) is 6.36. The number of hydrogen-bond donors (Lipinski definition) is 0. The molecule has 1 aromatic carbocycles. The summed E-state index contributed by atoms with van der Waals surface area (Å²) in [4.78, 5) is 14.0. The fraction of sp³-hybridized carbons (Fsp3) is 0.278. The molecular formula is C18H19N3O4S2. The van der Waals surface area contributed by atoms with Gasteiger partial charge < -0.3 is 18.8 Å². The number of thiophene rings is 1. The smallest absolute Gasteiger partial charge is 0.277 e. The van der Waals surface area contributed by atoms with Crippen LogP contribution >= 0.6 is 23.1 Å². The zero-order chi connectivity index (χ0) is 19.2. The van der Waals surface area contributed by atoms with Gasteiger partial charge in [-0.1, -0.05) is 11.8 Å². The van der Waals surface area contributed by atoms with Gasteiger partial charge in [0.15, 0.2) is 0 Å². The van der Waals surface area contributed by atoms with Crippen molar-refractivity contribution in [2.75, 3.05) is 27.0 Å². The zero-order valence-electron chi connectivity index (χ0n) is 15.2. The predicted octanol–water partition coefficient (Wildman–Crippen LogP) is 3.57. The quantitative estimate of drug-likeness (QED) is 0.530. The Balaban J connectivity index is 1.62. The lowest BCUT2D eigenvalue weighted by Gasteiger charge is -2.15. The van der Waals surface area contributed by atoms with Crippen LogP contribution in [0.5, 0.6) is 11.5 Å². The van der Waals surface area contributed by atoms with E-state index in [1.54, 1.807) is 55.7 Å². The number of benzene rings is 1. The monoisotopic (exact) mass is 405 g/mol. The third kappa shape index (κ3) is 5.01. The van der Waals surface area contributed by atoms with E-state index in [9.17, 15) is 4.79 Å². The van der Waals surface area contributed by atoms with Crippen molar-refractivity contribution in [1.29, 1.82) is 0 Å². The SMILES string of the molecule is COc1cc(OC)cc(-c2nnc(SCC(=O)N(C)Cc3ccsc3)o2)c1. The number of thioether (sulfide) groups is 1. The minimum absolute atomic E-state index is 0.00556. The fourth-order valence-electron chi connectivity index (χ4n) is 2.29. The second kappa shape index (κ2) is 8.92. The third-order valence-corrected chi connectivity index (χ3v) is 5.28. The molecule has 3 rings (SSSR count). The van der Waals surface area contributed by atoms with E-state index in [-0.39, 0.29) is 11.7 Å². The fourth-order valence-corrected chi connectivity index (χ4v) is 3.66. The van der Waals surface area contributed by atoms with Crippen LogP contribution < -0.4 is 9.47 Å². The van der Waals surface area contributed by atoms with E-state index in [1.165, 1.54) is 11.8 Å². The summed E-state index contributed by atoms with van der Waals surface area (Å²) >= 11 is 2.83. The van der Waals surface area contributed by atoms with Crippen LogP contribution in [0.4, 0.5) is 0 Å². The molecule has 0 aliphatic heterocycles. The second-order valence-electron chi connectivity index (χ2n) is 5.64. The topological polar surface area (TPSA) is 77.7 Å². The Morgan fingerprint density at radius 1 is 1.22 bits per heavy atom. The Labute approximate surface area is 165 Å². The van der Waals surface area contributed by atoms with Gasteiger partial charge in [0, 0.05) is 25.2 Å². The highest BCUT2D eigenvalue weighted by Crippen LogP contribution is 2.30. The van der Waals surface area contributed by atoms with Gasteiger partial charge in [0.05, 0.1) is 20.0 Å². The molecular weight excluding hydrogens is 386 g/mol. The molecule has 0 N–H and O–H groups in total. The van der Waals surface area contributed by atoms with E-state index in [1.807, 2.05) is 16.8 Å². The molecule has 0 bridgehead atoms. The van der Waals surface area contributed by atoms with Crippen LogP contribution in [0.1, 0.15) is 5.56 Å². The summed E-state index contributed by atoms with van der Waals surface area (Å²) in [6.07, 6.45) is 0. The predicted molar refractivity (Wildman–Crippen MR) is 104 cm³/mol. The lowest BCUT2D eigenvalue weighted by molar-refractivity contribution is -0.127. The normalized spacial score (nSPS) is 10.6. The Bertz CT molecular complexity index is 874. The summed E-state index contributed by atoms with van der Waals surface area (Å²) in [6, 6.07) is 7.33. The molecule has 0 aliphatic rings. The number of carbonyl (C=O) groups excluding carboxylic acids is 1. The molecule has 3 aromatic rings. The number of ether oxygens (including phenoxy) is 2. The molecule has 0 spiro atoms. The molecule has 0 aliphatic carbocycles. The maximum atomic E-state index is 12.3. The van der Waals surface area contributed by atoms with E-state index in [0.717, 1.165) is 5.56 Å². The number of hydrogen-bond acceptors (Lipinski definition) is 8. The van der Waals surface area contributed by atoms with Gasteiger partial charge in [-0.2, -0.15) is 11.3 Å². The first kappa shape index (κ1) is 19.2. The van der Waals surface area contributed by atoms with Crippen molar-refractivity contribution in [2.45, 2.75) is 11.8 Å². The molecule has 0 fully saturated rings. The first-order chi connectivity index (χ1) is 13.1. The van der Waals surface area contributed by atoms with Crippen LogP contribution in [0.15, 0.2) is 44.7 Å². The lowest BCUT2D eigenvalue weighted by Crippen LogP contribution is -2.27. The van der Waals surface area contributed by atoms with Crippen molar-refractivity contribution < 1.29 is 18.7 Å². The van der Waals surface area contributed by atoms with E-state index >= 15 is 0 Å². The maximum Gasteiger partial charge on any atom is 0.277 e. The molecule has 0 radical (unpaired) electrons. The van der Waals surface area contributed by atoms with Crippen molar-refractivity contribution in [3.05, 3.63) is 40.6 Å². The summed E-state index contributed by atoms with van der Waals surface area (Å²) in [5.41, 5.74) is 1.80. The number of carbonyl (C=O) groups is 1. The molecule has 0 unspecified atom stereocenters. The molecule has 9 heteroatoms. The van der Waals surface area contributed by atoms with Crippen molar-refractivity contribution >= 4 is 29.0 Å². The van der Waals surface area contributed by atoms with Gasteiger partial charge in [-0.15, -0.1) is 10.2 Å². The highest BCUT2D eigenvalue weighted by atomic mass is 32.2. The molecule has 7 nitrogen and oxygen atoms in total. The van der Waals surface area contributed by atoms with Crippen molar-refractivity contribution in [3.8, 4) is 23.0 Å². The number of amides is 1. The second-order valence-corrected chi connectivity index (χ2v) is 7.35. The van der Waals surface area contributed by atoms with Gasteiger partial charge >= 0.3 is 0 Å². The Hall–Kier alpha value is -2.52. The third-order valence-electron chi connectivity index (χ3n) is 3.75. The van der Waals surface area contributed by atoms with Crippen molar-refractivity contribution in [3.63, 3.8) is 0 Å². The van der Waals surface area contributed by atoms with Crippen molar-refractivity contribution in [2.24, 2.45) is 0 Å². The largest absolute Gasteiger partial charge is 0.497 e.